The van der Waals surface area contributed by atoms with E-state index in [1.54, 1.807) is 0 Å². The van der Waals surface area contributed by atoms with Crippen LogP contribution in [0.4, 0.5) is 10.2 Å². The fourth-order valence-corrected chi connectivity index (χ4v) is 2.37. The van der Waals surface area contributed by atoms with Crippen molar-refractivity contribution in [1.82, 2.24) is 4.98 Å². The van der Waals surface area contributed by atoms with Gasteiger partial charge in [-0.15, -0.1) is 0 Å². The number of anilines is 1. The summed E-state index contributed by atoms with van der Waals surface area (Å²) in [4.78, 5) is 6.02. The Hall–Kier alpha value is -0.870. The van der Waals surface area contributed by atoms with Crippen molar-refractivity contribution >= 4 is 17.4 Å². The lowest BCUT2D eigenvalue weighted by molar-refractivity contribution is 0.579. The van der Waals surface area contributed by atoms with Crippen LogP contribution in [0.1, 0.15) is 13.3 Å². The molecule has 2 rings (SSSR count). The highest BCUT2D eigenvalue weighted by Gasteiger charge is 2.30. The van der Waals surface area contributed by atoms with Gasteiger partial charge in [0.25, 0.3) is 0 Å². The van der Waals surface area contributed by atoms with E-state index in [0.29, 0.717) is 23.3 Å². The van der Waals surface area contributed by atoms with Gasteiger partial charge in [-0.1, -0.05) is 11.6 Å². The van der Waals surface area contributed by atoms with Crippen LogP contribution in [0, 0.1) is 11.7 Å². The minimum Gasteiger partial charge on any atom is -0.351 e. The Morgan fingerprint density at radius 3 is 3.00 bits per heavy atom. The number of halogens is 2. The van der Waals surface area contributed by atoms with Crippen LogP contribution in [0.2, 0.25) is 5.02 Å². The molecule has 1 saturated heterocycles. The molecule has 2 atom stereocenters. The molecule has 1 aromatic rings. The average molecular weight is 244 g/mol. The zero-order valence-corrected chi connectivity index (χ0v) is 9.91. The molecule has 0 radical (unpaired) electrons. The first-order valence-corrected chi connectivity index (χ1v) is 5.77. The van der Waals surface area contributed by atoms with Crippen LogP contribution in [-0.2, 0) is 0 Å². The number of pyridine rings is 1. The van der Waals surface area contributed by atoms with E-state index in [1.807, 2.05) is 4.90 Å². The lowest BCUT2D eigenvalue weighted by Crippen LogP contribution is -2.29. The van der Waals surface area contributed by atoms with E-state index >= 15 is 0 Å². The Labute approximate surface area is 99.4 Å². The molecule has 0 aliphatic carbocycles. The van der Waals surface area contributed by atoms with Gasteiger partial charge in [0.15, 0.2) is 11.6 Å². The third-order valence-corrected chi connectivity index (χ3v) is 3.26. The van der Waals surface area contributed by atoms with Crippen LogP contribution in [-0.4, -0.2) is 24.1 Å². The van der Waals surface area contributed by atoms with Gasteiger partial charge in [-0.05, 0) is 31.9 Å². The first kappa shape index (κ1) is 11.6. The van der Waals surface area contributed by atoms with Crippen LogP contribution in [0.3, 0.4) is 0 Å². The quantitative estimate of drug-likeness (QED) is 0.865. The summed E-state index contributed by atoms with van der Waals surface area (Å²) in [5.74, 6) is 0.441. The smallest absolute Gasteiger partial charge is 0.167 e. The summed E-state index contributed by atoms with van der Waals surface area (Å²) >= 11 is 5.67. The van der Waals surface area contributed by atoms with Crippen molar-refractivity contribution in [2.75, 3.05) is 18.0 Å². The van der Waals surface area contributed by atoms with Gasteiger partial charge in [0.2, 0.25) is 0 Å². The molecule has 1 aliphatic heterocycles. The maximum Gasteiger partial charge on any atom is 0.167 e. The zero-order valence-electron chi connectivity index (χ0n) is 9.16. The minimum atomic E-state index is -0.364. The Morgan fingerprint density at radius 2 is 2.44 bits per heavy atom. The van der Waals surface area contributed by atoms with E-state index in [2.05, 4.69) is 11.9 Å². The normalized spacial score (nSPS) is 25.1. The van der Waals surface area contributed by atoms with Crippen molar-refractivity contribution < 1.29 is 4.39 Å². The first-order valence-electron chi connectivity index (χ1n) is 5.39. The summed E-state index contributed by atoms with van der Waals surface area (Å²) in [5.41, 5.74) is 5.64. The van der Waals surface area contributed by atoms with Crippen molar-refractivity contribution in [3.63, 3.8) is 0 Å². The SMILES string of the molecule is CC1CC(CN)CN1c1ncc(Cl)cc1F. The molecule has 0 saturated carbocycles. The van der Waals surface area contributed by atoms with Crippen molar-refractivity contribution in [1.29, 1.82) is 0 Å². The second-order valence-electron chi connectivity index (χ2n) is 4.30. The number of hydrogen-bond acceptors (Lipinski definition) is 3. The van der Waals surface area contributed by atoms with Crippen LogP contribution in [0.15, 0.2) is 12.3 Å². The minimum absolute atomic E-state index is 0.275. The largest absolute Gasteiger partial charge is 0.351 e. The van der Waals surface area contributed by atoms with Gasteiger partial charge in [0.05, 0.1) is 5.02 Å². The lowest BCUT2D eigenvalue weighted by atomic mass is 10.1. The number of aromatic nitrogens is 1. The van der Waals surface area contributed by atoms with Crippen molar-refractivity contribution in [2.45, 2.75) is 19.4 Å². The number of nitrogens with two attached hydrogens (primary N) is 1. The molecular weight excluding hydrogens is 229 g/mol. The van der Waals surface area contributed by atoms with Crippen LogP contribution >= 0.6 is 11.6 Å². The third-order valence-electron chi connectivity index (χ3n) is 3.06. The van der Waals surface area contributed by atoms with Crippen molar-refractivity contribution in [3.8, 4) is 0 Å². The van der Waals surface area contributed by atoms with E-state index in [9.17, 15) is 4.39 Å². The molecule has 2 heterocycles. The molecule has 5 heteroatoms. The molecule has 0 spiro atoms. The number of rotatable bonds is 2. The van der Waals surface area contributed by atoms with E-state index < -0.39 is 0 Å². The van der Waals surface area contributed by atoms with Gasteiger partial charge in [-0.2, -0.15) is 0 Å². The summed E-state index contributed by atoms with van der Waals surface area (Å²) in [6.07, 6.45) is 2.46. The van der Waals surface area contributed by atoms with E-state index in [1.165, 1.54) is 12.3 Å². The highest BCUT2D eigenvalue weighted by molar-refractivity contribution is 6.30. The Bertz CT molecular complexity index is 385. The van der Waals surface area contributed by atoms with Crippen LogP contribution in [0.5, 0.6) is 0 Å². The fraction of sp³-hybridized carbons (Fsp3) is 0.545. The molecular formula is C11H15ClFN3. The van der Waals surface area contributed by atoms with Gasteiger partial charge in [-0.25, -0.2) is 9.37 Å². The molecule has 0 aromatic carbocycles. The Balaban J connectivity index is 2.24. The number of hydrogen-bond donors (Lipinski definition) is 1. The predicted octanol–water partition coefficient (Wildman–Crippen LogP) is 2.05. The Morgan fingerprint density at radius 1 is 1.69 bits per heavy atom. The predicted molar refractivity (Wildman–Crippen MR) is 63.2 cm³/mol. The van der Waals surface area contributed by atoms with Crippen molar-refractivity contribution in [3.05, 3.63) is 23.1 Å². The van der Waals surface area contributed by atoms with Gasteiger partial charge in [-0.3, -0.25) is 0 Å². The molecule has 1 aromatic heterocycles. The maximum absolute atomic E-state index is 13.7. The molecule has 0 amide bonds. The monoisotopic (exact) mass is 243 g/mol. The molecule has 1 fully saturated rings. The molecule has 1 aliphatic rings. The van der Waals surface area contributed by atoms with Crippen molar-refractivity contribution in [2.24, 2.45) is 11.7 Å². The van der Waals surface area contributed by atoms with Gasteiger partial charge in [0.1, 0.15) is 0 Å². The summed E-state index contributed by atoms with van der Waals surface area (Å²) in [7, 11) is 0. The molecule has 3 nitrogen and oxygen atoms in total. The summed E-state index contributed by atoms with van der Waals surface area (Å²) in [6.45, 7) is 3.46. The lowest BCUT2D eigenvalue weighted by Gasteiger charge is -2.22. The maximum atomic E-state index is 13.7. The van der Waals surface area contributed by atoms with Gasteiger partial charge in [0, 0.05) is 18.8 Å². The Kier molecular flexibility index (Phi) is 3.30. The summed E-state index contributed by atoms with van der Waals surface area (Å²) < 4.78 is 13.7. The first-order chi connectivity index (χ1) is 7.61. The molecule has 16 heavy (non-hydrogen) atoms. The fourth-order valence-electron chi connectivity index (χ4n) is 2.23. The molecule has 2 N–H and O–H groups in total. The van der Waals surface area contributed by atoms with Crippen LogP contribution in [0.25, 0.3) is 0 Å². The van der Waals surface area contributed by atoms with E-state index in [0.717, 1.165) is 13.0 Å². The standard InChI is InChI=1S/C11H15ClFN3/c1-7-2-8(4-14)6-16(7)11-10(13)3-9(12)5-15-11/h3,5,7-8H,2,4,6,14H2,1H3. The van der Waals surface area contributed by atoms with E-state index in [-0.39, 0.29) is 11.9 Å². The summed E-state index contributed by atoms with van der Waals surface area (Å²) in [5, 5.41) is 0.323. The van der Waals surface area contributed by atoms with Gasteiger partial charge < -0.3 is 10.6 Å². The average Bonchev–Trinajstić information content (AvgIpc) is 2.60. The van der Waals surface area contributed by atoms with Crippen LogP contribution < -0.4 is 10.6 Å². The van der Waals surface area contributed by atoms with E-state index in [4.69, 9.17) is 17.3 Å². The summed E-state index contributed by atoms with van der Waals surface area (Å²) in [6, 6.07) is 1.57. The third kappa shape index (κ3) is 2.13. The second kappa shape index (κ2) is 4.55. The second-order valence-corrected chi connectivity index (χ2v) is 4.73. The van der Waals surface area contributed by atoms with Gasteiger partial charge >= 0.3 is 0 Å². The highest BCUT2D eigenvalue weighted by Crippen LogP contribution is 2.29. The number of nitrogens with zero attached hydrogens (tertiary/aromatic N) is 2. The molecule has 0 bridgehead atoms. The zero-order chi connectivity index (χ0) is 11.7. The topological polar surface area (TPSA) is 42.1 Å². The molecule has 2 unspecified atom stereocenters. The molecule has 88 valence electrons. The highest BCUT2D eigenvalue weighted by atomic mass is 35.5.